The van der Waals surface area contributed by atoms with Crippen molar-refractivity contribution >= 4 is 16.2 Å². The molecular weight excluding hydrogens is 292 g/mol. The number of halogens is 2. The van der Waals surface area contributed by atoms with Crippen molar-refractivity contribution in [2.24, 2.45) is 10.1 Å². The van der Waals surface area contributed by atoms with E-state index in [1.54, 1.807) is 0 Å². The van der Waals surface area contributed by atoms with Gasteiger partial charge in [-0.15, -0.1) is 0 Å². The Hall–Kier alpha value is -1.81. The number of nitrogens with two attached hydrogens (primary N) is 1. The first-order chi connectivity index (χ1) is 9.38. The molecule has 2 rings (SSSR count). The molecule has 1 aliphatic rings. The lowest BCUT2D eigenvalue weighted by molar-refractivity contribution is 0.121. The van der Waals surface area contributed by atoms with Gasteiger partial charge in [0, 0.05) is 36.8 Å². The van der Waals surface area contributed by atoms with Gasteiger partial charge in [0.25, 0.3) is 6.43 Å². The highest BCUT2D eigenvalue weighted by molar-refractivity contribution is 7.90. The monoisotopic (exact) mass is 305 g/mol. The molecule has 1 aromatic heterocycles. The smallest absolute Gasteiger partial charge is 0.301 e. The van der Waals surface area contributed by atoms with Gasteiger partial charge in [0.15, 0.2) is 5.03 Å². The number of sulfonamides is 1. The summed E-state index contributed by atoms with van der Waals surface area (Å²) in [7, 11) is -4.01. The van der Waals surface area contributed by atoms with E-state index in [2.05, 4.69) is 14.8 Å². The molecule has 0 bridgehead atoms. The van der Waals surface area contributed by atoms with Crippen LogP contribution < -0.4 is 11.1 Å². The van der Waals surface area contributed by atoms with Crippen LogP contribution in [0.3, 0.4) is 0 Å². The maximum Gasteiger partial charge on any atom is 0.301 e. The van der Waals surface area contributed by atoms with Crippen LogP contribution in [0.15, 0.2) is 33.0 Å². The molecule has 0 aromatic carbocycles. The van der Waals surface area contributed by atoms with Crippen molar-refractivity contribution in [1.82, 2.24) is 15.1 Å². The van der Waals surface area contributed by atoms with Crippen molar-refractivity contribution in [2.45, 2.75) is 18.0 Å². The minimum Gasteiger partial charge on any atom is -0.401 e. The van der Waals surface area contributed by atoms with Gasteiger partial charge in [-0.3, -0.25) is 4.68 Å². The van der Waals surface area contributed by atoms with Gasteiger partial charge >= 0.3 is 10.0 Å². The molecule has 0 fully saturated rings. The second kappa shape index (κ2) is 5.67. The molecule has 0 saturated heterocycles. The van der Waals surface area contributed by atoms with E-state index in [9.17, 15) is 17.2 Å². The summed E-state index contributed by atoms with van der Waals surface area (Å²) in [5.74, 6) is 0. The largest absolute Gasteiger partial charge is 0.401 e. The molecule has 20 heavy (non-hydrogen) atoms. The molecular formula is C10H13F2N5O2S. The standard InChI is InChI=1S/C10H13F2N5O2S/c11-9(12)6-17-2-1-10(16-17)20(18,19)15-4-7-3-14-5-8(7)13/h1-2,4,9,14H,3,5-6,13H2/b15-4+. The predicted octanol–water partition coefficient (Wildman–Crippen LogP) is -0.276. The van der Waals surface area contributed by atoms with Gasteiger partial charge in [-0.25, -0.2) is 8.78 Å². The maximum absolute atomic E-state index is 12.2. The normalized spacial score (nSPS) is 16.8. The highest BCUT2D eigenvalue weighted by Crippen LogP contribution is 2.11. The fourth-order valence-electron chi connectivity index (χ4n) is 1.60. The van der Waals surface area contributed by atoms with Crippen LogP contribution in [-0.4, -0.2) is 43.9 Å². The van der Waals surface area contributed by atoms with E-state index < -0.39 is 23.0 Å². The Morgan fingerprint density at radius 1 is 1.55 bits per heavy atom. The number of hydrogen-bond donors (Lipinski definition) is 2. The zero-order valence-corrected chi connectivity index (χ0v) is 11.1. The molecule has 0 aliphatic carbocycles. The van der Waals surface area contributed by atoms with Gasteiger partial charge < -0.3 is 11.1 Å². The van der Waals surface area contributed by atoms with Crippen LogP contribution in [0, 0.1) is 0 Å². The number of rotatable bonds is 5. The van der Waals surface area contributed by atoms with Crippen molar-refractivity contribution in [1.29, 1.82) is 0 Å². The molecule has 0 atom stereocenters. The lowest BCUT2D eigenvalue weighted by Gasteiger charge is -1.98. The molecule has 1 aliphatic heterocycles. The molecule has 110 valence electrons. The molecule has 1 aromatic rings. The Labute approximate surface area is 114 Å². The maximum atomic E-state index is 12.2. The minimum atomic E-state index is -4.01. The second-order valence-corrected chi connectivity index (χ2v) is 5.71. The summed E-state index contributed by atoms with van der Waals surface area (Å²) >= 11 is 0. The highest BCUT2D eigenvalue weighted by Gasteiger charge is 2.18. The van der Waals surface area contributed by atoms with E-state index in [4.69, 9.17) is 5.73 Å². The average molecular weight is 305 g/mol. The lowest BCUT2D eigenvalue weighted by Crippen LogP contribution is -2.11. The number of aromatic nitrogens is 2. The Morgan fingerprint density at radius 3 is 2.90 bits per heavy atom. The summed E-state index contributed by atoms with van der Waals surface area (Å²) in [6.07, 6.45) is -0.292. The summed E-state index contributed by atoms with van der Waals surface area (Å²) in [4.78, 5) is 0. The van der Waals surface area contributed by atoms with E-state index in [1.165, 1.54) is 6.20 Å². The van der Waals surface area contributed by atoms with Gasteiger partial charge in [-0.2, -0.15) is 17.9 Å². The molecule has 2 heterocycles. The van der Waals surface area contributed by atoms with Gasteiger partial charge in [0.1, 0.15) is 6.54 Å². The minimum absolute atomic E-state index is 0.375. The van der Waals surface area contributed by atoms with Crippen LogP contribution in [0.4, 0.5) is 8.78 Å². The first-order valence-electron chi connectivity index (χ1n) is 5.68. The summed E-state index contributed by atoms with van der Waals surface area (Å²) in [5.41, 5.74) is 6.74. The van der Waals surface area contributed by atoms with Crippen molar-refractivity contribution in [3.05, 3.63) is 23.5 Å². The van der Waals surface area contributed by atoms with Crippen molar-refractivity contribution in [2.75, 3.05) is 13.1 Å². The number of hydrogen-bond acceptors (Lipinski definition) is 5. The van der Waals surface area contributed by atoms with E-state index in [0.29, 0.717) is 24.4 Å². The zero-order chi connectivity index (χ0) is 14.8. The SMILES string of the molecule is NC1=C(/C=N/S(=O)(=O)c2ccn(CC(F)F)n2)CNC1. The Kier molecular flexibility index (Phi) is 4.14. The predicted molar refractivity (Wildman–Crippen MR) is 68.0 cm³/mol. The number of nitrogens with one attached hydrogen (secondary N) is 1. The Balaban J connectivity index is 2.16. The van der Waals surface area contributed by atoms with Gasteiger partial charge in [-0.05, 0) is 6.07 Å². The highest BCUT2D eigenvalue weighted by atomic mass is 32.2. The van der Waals surface area contributed by atoms with Gasteiger partial charge in [0.05, 0.1) is 0 Å². The lowest BCUT2D eigenvalue weighted by atomic mass is 10.3. The third-order valence-electron chi connectivity index (χ3n) is 2.60. The quantitative estimate of drug-likeness (QED) is 0.729. The van der Waals surface area contributed by atoms with Gasteiger partial charge in [0.2, 0.25) is 0 Å². The van der Waals surface area contributed by atoms with Crippen LogP contribution in [0.2, 0.25) is 0 Å². The average Bonchev–Trinajstić information content (AvgIpc) is 2.95. The zero-order valence-electron chi connectivity index (χ0n) is 10.3. The van der Waals surface area contributed by atoms with E-state index >= 15 is 0 Å². The fraction of sp³-hybridized carbons (Fsp3) is 0.400. The third-order valence-corrected chi connectivity index (χ3v) is 3.73. The third kappa shape index (κ3) is 3.39. The molecule has 3 N–H and O–H groups in total. The molecule has 0 saturated carbocycles. The second-order valence-electron chi connectivity index (χ2n) is 4.13. The number of alkyl halides is 2. The van der Waals surface area contributed by atoms with Crippen LogP contribution in [0.5, 0.6) is 0 Å². The molecule has 0 spiro atoms. The van der Waals surface area contributed by atoms with Crippen molar-refractivity contribution in [3.8, 4) is 0 Å². The summed E-state index contributed by atoms with van der Waals surface area (Å²) in [5, 5.41) is 6.12. The number of nitrogens with zero attached hydrogens (tertiary/aromatic N) is 3. The van der Waals surface area contributed by atoms with Crippen molar-refractivity contribution in [3.63, 3.8) is 0 Å². The first kappa shape index (κ1) is 14.6. The molecule has 0 radical (unpaired) electrons. The van der Waals surface area contributed by atoms with E-state index in [0.717, 1.165) is 17.0 Å². The van der Waals surface area contributed by atoms with Crippen LogP contribution in [-0.2, 0) is 16.6 Å². The first-order valence-corrected chi connectivity index (χ1v) is 7.12. The van der Waals surface area contributed by atoms with E-state index in [-0.39, 0.29) is 5.03 Å². The molecule has 10 heteroatoms. The Bertz CT molecular complexity index is 650. The topological polar surface area (TPSA) is 102 Å². The summed E-state index contributed by atoms with van der Waals surface area (Å²) in [6.45, 7) is 0.246. The van der Waals surface area contributed by atoms with Crippen LogP contribution in [0.1, 0.15) is 0 Å². The summed E-state index contributed by atoms with van der Waals surface area (Å²) in [6, 6.07) is 1.12. The van der Waals surface area contributed by atoms with E-state index in [1.807, 2.05) is 0 Å². The summed E-state index contributed by atoms with van der Waals surface area (Å²) < 4.78 is 52.3. The molecule has 7 nitrogen and oxygen atoms in total. The Morgan fingerprint density at radius 2 is 2.30 bits per heavy atom. The molecule has 0 amide bonds. The van der Waals surface area contributed by atoms with Gasteiger partial charge in [-0.1, -0.05) is 0 Å². The van der Waals surface area contributed by atoms with Crippen LogP contribution >= 0.6 is 0 Å². The fourth-order valence-corrected chi connectivity index (χ4v) is 2.41. The van der Waals surface area contributed by atoms with Crippen LogP contribution in [0.25, 0.3) is 0 Å². The van der Waals surface area contributed by atoms with Crippen molar-refractivity contribution < 1.29 is 17.2 Å². The molecule has 0 unspecified atom stereocenters.